The summed E-state index contributed by atoms with van der Waals surface area (Å²) in [5.74, 6) is -1.87. The number of aromatic nitrogens is 1. The maximum Gasteiger partial charge on any atom is 0.408 e. The largest absolute Gasteiger partial charge is 0.453 e. The number of rotatable bonds is 20. The van der Waals surface area contributed by atoms with Gasteiger partial charge in [-0.2, -0.15) is 0 Å². The summed E-state index contributed by atoms with van der Waals surface area (Å²) in [6, 6.07) is 14.5. The number of alkyl carbamates (subject to hydrolysis) is 2. The van der Waals surface area contributed by atoms with E-state index in [1.807, 2.05) is 131 Å². The molecule has 0 aliphatic heterocycles. The number of amides is 4. The van der Waals surface area contributed by atoms with Gasteiger partial charge in [-0.1, -0.05) is 119 Å². The highest BCUT2D eigenvalue weighted by Crippen LogP contribution is 2.50. The Morgan fingerprint density at radius 2 is 1.42 bits per heavy atom. The third-order valence-corrected chi connectivity index (χ3v) is 14.9. The fourth-order valence-corrected chi connectivity index (χ4v) is 10.1. The molecule has 384 valence electrons. The number of aliphatic hydroxyl groups is 1. The van der Waals surface area contributed by atoms with Crippen molar-refractivity contribution < 1.29 is 40.6 Å². The predicted octanol–water partition coefficient (Wildman–Crippen LogP) is 10.6. The maximum atomic E-state index is 16.0. The number of carbonyl (C=O) groups excluding carboxylic acids is 4. The highest BCUT2D eigenvalue weighted by molar-refractivity contribution is 5.91. The van der Waals surface area contributed by atoms with Crippen LogP contribution >= 0.6 is 0 Å². The Labute approximate surface area is 422 Å². The van der Waals surface area contributed by atoms with Crippen LogP contribution in [0.5, 0.6) is 0 Å². The Bertz CT molecular complexity index is 2440. The van der Waals surface area contributed by atoms with Gasteiger partial charge in [-0.15, -0.1) is 0 Å². The number of carbonyl (C=O) groups is 4. The lowest BCUT2D eigenvalue weighted by Gasteiger charge is -2.54. The lowest BCUT2D eigenvalue weighted by atomic mass is 9.55. The van der Waals surface area contributed by atoms with Crippen LogP contribution in [-0.4, -0.2) is 82.1 Å². The van der Waals surface area contributed by atoms with E-state index in [0.29, 0.717) is 12.0 Å². The van der Waals surface area contributed by atoms with Crippen molar-refractivity contribution in [3.63, 3.8) is 0 Å². The Kier molecular flexibility index (Phi) is 16.0. The molecule has 3 rings (SSSR count). The van der Waals surface area contributed by atoms with Crippen molar-refractivity contribution in [1.82, 2.24) is 31.4 Å². The number of nitrogens with one attached hydrogen (secondary N) is 4. The molecule has 69 heavy (non-hydrogen) atoms. The Morgan fingerprint density at radius 3 is 1.91 bits per heavy atom. The number of nitrogens with zero attached hydrogens (tertiary/aromatic N) is 2. The van der Waals surface area contributed by atoms with Gasteiger partial charge >= 0.3 is 12.2 Å². The van der Waals surface area contributed by atoms with Crippen molar-refractivity contribution in [3.05, 3.63) is 88.6 Å². The summed E-state index contributed by atoms with van der Waals surface area (Å²) in [4.78, 5) is 62.8. The number of aryl methyl sites for hydroxylation is 3. The molecule has 0 radical (unpaired) electrons. The number of pyridine rings is 1. The van der Waals surface area contributed by atoms with E-state index < -0.39 is 100 Å². The molecule has 4 amide bonds. The van der Waals surface area contributed by atoms with E-state index in [9.17, 15) is 17.4 Å². The molecule has 0 saturated heterocycles. The van der Waals surface area contributed by atoms with Crippen LogP contribution in [0.3, 0.4) is 0 Å². The van der Waals surface area contributed by atoms with Gasteiger partial charge in [0, 0.05) is 36.0 Å². The monoisotopic (exact) mass is 962 g/mol. The Hall–Kier alpha value is -5.01. The quantitative estimate of drug-likeness (QED) is 0.0692. The summed E-state index contributed by atoms with van der Waals surface area (Å²) < 4.78 is 56.6. The molecule has 0 saturated carbocycles. The molecule has 0 aliphatic carbocycles. The third kappa shape index (κ3) is 12.3. The lowest BCUT2D eigenvalue weighted by Crippen LogP contribution is -2.73. The SMILES string of the molecule is [2H]C([2H])([2H])C(C([2H])([2H])C)(C(C)(C)C)[C@](C)(NC(=O)OC(C)C)C(=O)N[C@@H](C(C)(C)c1ccccc1C)[C@@](C)(O)CN(NC(=O)[C@@H](NC(=O)OC)C(C)(CC)C(C)C)C(C)(C)c1ccc(-c2ncccc2C)cc1C. The van der Waals surface area contributed by atoms with Gasteiger partial charge in [0.2, 0.25) is 5.91 Å². The zero-order valence-electron chi connectivity index (χ0n) is 50.3. The van der Waals surface area contributed by atoms with Gasteiger partial charge in [0.05, 0.1) is 36.1 Å². The number of methoxy groups -OCH3 is 1. The van der Waals surface area contributed by atoms with Crippen LogP contribution < -0.4 is 21.4 Å². The van der Waals surface area contributed by atoms with Gasteiger partial charge in [-0.3, -0.25) is 20.0 Å². The van der Waals surface area contributed by atoms with Gasteiger partial charge in [-0.25, -0.2) is 14.6 Å². The van der Waals surface area contributed by atoms with Crippen molar-refractivity contribution in [3.8, 4) is 11.3 Å². The molecular weight excluding hydrogens is 869 g/mol. The van der Waals surface area contributed by atoms with Crippen LogP contribution in [-0.2, 0) is 30.0 Å². The normalized spacial score (nSPS) is 18.3. The van der Waals surface area contributed by atoms with Crippen molar-refractivity contribution in [2.75, 3.05) is 13.7 Å². The van der Waals surface area contributed by atoms with Gasteiger partial charge < -0.3 is 30.5 Å². The van der Waals surface area contributed by atoms with Gasteiger partial charge in [0.15, 0.2) is 0 Å². The summed E-state index contributed by atoms with van der Waals surface area (Å²) >= 11 is 0. The van der Waals surface area contributed by atoms with E-state index in [4.69, 9.17) is 13.6 Å². The maximum absolute atomic E-state index is 16.0. The molecule has 6 atom stereocenters. The zero-order valence-corrected chi connectivity index (χ0v) is 45.3. The summed E-state index contributed by atoms with van der Waals surface area (Å²) in [5.41, 5.74) is -3.53. The van der Waals surface area contributed by atoms with Crippen LogP contribution in [0.1, 0.15) is 165 Å². The molecule has 3 aromatic rings. The first kappa shape index (κ1) is 50.4. The summed E-state index contributed by atoms with van der Waals surface area (Å²) in [7, 11) is 1.21. The zero-order chi connectivity index (χ0) is 57.2. The number of hydrazine groups is 1. The second kappa shape index (κ2) is 22.0. The second-order valence-corrected chi connectivity index (χ2v) is 22.2. The molecule has 0 fully saturated rings. The molecular formula is C56H88N6O7. The topological polar surface area (TPSA) is 171 Å². The number of ether oxygens (including phenoxy) is 2. The predicted molar refractivity (Wildman–Crippen MR) is 277 cm³/mol. The van der Waals surface area contributed by atoms with Crippen LogP contribution in [0.25, 0.3) is 11.3 Å². The standard InChI is InChI=1S/C56H88N6O7/c1-22-53(17,35(3)4)44(58-48(65)68-21)45(63)61-62(52(15,16)42-31-30-40(33-39(42)9)43-38(8)28-26-32-57-43)34-54(18,67)46(51(13,14)41-29-25-24-27-37(41)7)59-47(64)56(20,60-49(66)69-36(5)6)55(19,23-2)50(10,11)12/h24-33,35-36,44,46,67H,22-23,34H2,1-21H3,(H,58,65)(H,59,64)(H,60,66)(H,61,63)/t44-,46+,53?,54+,55?,56-/m1/s1/i19D3,23D2. The first-order valence-corrected chi connectivity index (χ1v) is 24.1. The average Bonchev–Trinajstić information content (AvgIpc) is 3.24. The van der Waals surface area contributed by atoms with Crippen molar-refractivity contribution >= 4 is 24.0 Å². The average molecular weight is 962 g/mol. The minimum Gasteiger partial charge on any atom is -0.453 e. The van der Waals surface area contributed by atoms with E-state index in [2.05, 4.69) is 26.4 Å². The fraction of sp³-hybridized carbons (Fsp3) is 0.625. The summed E-state index contributed by atoms with van der Waals surface area (Å²) in [6.07, 6.45) is -3.21. The molecule has 13 heteroatoms. The van der Waals surface area contributed by atoms with Crippen LogP contribution in [0.2, 0.25) is 0 Å². The van der Waals surface area contributed by atoms with Crippen molar-refractivity contribution in [1.29, 1.82) is 0 Å². The molecule has 2 unspecified atom stereocenters. The smallest absolute Gasteiger partial charge is 0.408 e. The Balaban J connectivity index is 2.54. The molecule has 13 nitrogen and oxygen atoms in total. The van der Waals surface area contributed by atoms with E-state index in [1.54, 1.807) is 25.1 Å². The molecule has 1 aromatic heterocycles. The van der Waals surface area contributed by atoms with Crippen molar-refractivity contribution in [2.24, 2.45) is 22.2 Å². The molecule has 0 aliphatic rings. The lowest BCUT2D eigenvalue weighted by molar-refractivity contribution is -0.146. The number of hydrogen-bond acceptors (Lipinski definition) is 9. The summed E-state index contributed by atoms with van der Waals surface area (Å²) in [5, 5.41) is 23.7. The van der Waals surface area contributed by atoms with Gasteiger partial charge in [0.25, 0.3) is 5.91 Å². The van der Waals surface area contributed by atoms with Crippen LogP contribution in [0.15, 0.2) is 60.8 Å². The van der Waals surface area contributed by atoms with Gasteiger partial charge in [0.1, 0.15) is 11.6 Å². The van der Waals surface area contributed by atoms with Crippen molar-refractivity contribution in [2.45, 2.75) is 191 Å². The number of hydrogen-bond donors (Lipinski definition) is 5. The third-order valence-electron chi connectivity index (χ3n) is 14.9. The highest BCUT2D eigenvalue weighted by Gasteiger charge is 2.58. The first-order valence-electron chi connectivity index (χ1n) is 26.6. The van der Waals surface area contributed by atoms with Crippen LogP contribution in [0.4, 0.5) is 9.59 Å². The van der Waals surface area contributed by atoms with E-state index in [0.717, 1.165) is 40.4 Å². The molecule has 5 N–H and O–H groups in total. The Morgan fingerprint density at radius 1 is 0.812 bits per heavy atom. The number of benzene rings is 2. The minimum absolute atomic E-state index is 0.130. The van der Waals surface area contributed by atoms with Crippen LogP contribution in [0, 0.1) is 42.9 Å². The minimum atomic E-state index is -3.27. The highest BCUT2D eigenvalue weighted by atomic mass is 16.6. The fourth-order valence-electron chi connectivity index (χ4n) is 10.1. The first-order chi connectivity index (χ1) is 33.6. The second-order valence-electron chi connectivity index (χ2n) is 22.2. The van der Waals surface area contributed by atoms with E-state index in [-0.39, 0.29) is 5.92 Å². The summed E-state index contributed by atoms with van der Waals surface area (Å²) in [6.45, 7) is 28.7. The van der Waals surface area contributed by atoms with Gasteiger partial charge in [-0.05, 0) is 132 Å². The molecule has 0 bridgehead atoms. The molecule has 1 heterocycles. The molecule has 0 spiro atoms. The molecule has 2 aromatic carbocycles. The van der Waals surface area contributed by atoms with E-state index >= 15 is 9.59 Å². The van der Waals surface area contributed by atoms with E-state index in [1.165, 1.54) is 41.7 Å².